The number of nitrogens with one attached hydrogen (secondary N) is 1. The number of rotatable bonds is 5. The van der Waals surface area contributed by atoms with E-state index in [-0.39, 0.29) is 17.3 Å². The average Bonchev–Trinajstić information content (AvgIpc) is 2.85. The molecular formula is C15H27N3O4S. The Hall–Kier alpha value is -1.41. The van der Waals surface area contributed by atoms with Gasteiger partial charge in [0.25, 0.3) is 0 Å². The summed E-state index contributed by atoms with van der Waals surface area (Å²) in [5, 5.41) is 6.31. The number of hydrogen-bond donors (Lipinski definition) is 1. The molecule has 1 aromatic heterocycles. The second kappa shape index (κ2) is 6.24. The molecule has 0 aliphatic carbocycles. The van der Waals surface area contributed by atoms with Crippen LogP contribution in [0.1, 0.15) is 54.2 Å². The summed E-state index contributed by atoms with van der Waals surface area (Å²) in [6.45, 7) is 12.1. The van der Waals surface area contributed by atoms with Crippen LogP contribution in [0.2, 0.25) is 0 Å². The van der Waals surface area contributed by atoms with Crippen molar-refractivity contribution in [2.24, 2.45) is 0 Å². The SMILES string of the molecule is CC(C)N(C)S(=O)(=O)C(C)(C)C(=O)Nc1cc(C(C)(C)C)on1. The third-order valence-electron chi connectivity index (χ3n) is 3.79. The first-order valence-electron chi connectivity index (χ1n) is 7.47. The third kappa shape index (κ3) is 3.92. The molecule has 0 spiro atoms. The van der Waals surface area contributed by atoms with Gasteiger partial charge in [0.1, 0.15) is 5.76 Å². The van der Waals surface area contributed by atoms with Crippen LogP contribution in [0.25, 0.3) is 0 Å². The lowest BCUT2D eigenvalue weighted by Gasteiger charge is -2.31. The highest BCUT2D eigenvalue weighted by Crippen LogP contribution is 2.27. The lowest BCUT2D eigenvalue weighted by molar-refractivity contribution is -0.118. The van der Waals surface area contributed by atoms with Crippen LogP contribution in [0.15, 0.2) is 10.6 Å². The molecule has 1 heterocycles. The van der Waals surface area contributed by atoms with E-state index in [1.54, 1.807) is 19.9 Å². The van der Waals surface area contributed by atoms with Gasteiger partial charge >= 0.3 is 0 Å². The molecule has 23 heavy (non-hydrogen) atoms. The van der Waals surface area contributed by atoms with Crippen LogP contribution in [-0.4, -0.2) is 41.6 Å². The van der Waals surface area contributed by atoms with E-state index < -0.39 is 20.7 Å². The van der Waals surface area contributed by atoms with Crippen LogP contribution >= 0.6 is 0 Å². The highest BCUT2D eigenvalue weighted by Gasteiger charge is 2.45. The first kappa shape index (κ1) is 19.6. The molecule has 0 unspecified atom stereocenters. The predicted octanol–water partition coefficient (Wildman–Crippen LogP) is 2.36. The number of aromatic nitrogens is 1. The van der Waals surface area contributed by atoms with Crippen LogP contribution in [0.3, 0.4) is 0 Å². The van der Waals surface area contributed by atoms with Crippen molar-refractivity contribution in [3.05, 3.63) is 11.8 Å². The van der Waals surface area contributed by atoms with E-state index >= 15 is 0 Å². The molecule has 0 fully saturated rings. The minimum Gasteiger partial charge on any atom is -0.359 e. The molecule has 0 aliphatic heterocycles. The third-order valence-corrected chi connectivity index (χ3v) is 6.44. The first-order valence-corrected chi connectivity index (χ1v) is 8.91. The second-order valence-corrected chi connectivity index (χ2v) is 9.95. The number of carbonyl (C=O) groups is 1. The van der Waals surface area contributed by atoms with Gasteiger partial charge in [-0.05, 0) is 27.7 Å². The molecule has 1 N–H and O–H groups in total. The molecule has 0 bridgehead atoms. The van der Waals surface area contributed by atoms with E-state index in [4.69, 9.17) is 4.52 Å². The van der Waals surface area contributed by atoms with Crippen molar-refractivity contribution >= 4 is 21.7 Å². The summed E-state index contributed by atoms with van der Waals surface area (Å²) >= 11 is 0. The van der Waals surface area contributed by atoms with E-state index in [2.05, 4.69) is 10.5 Å². The minimum absolute atomic E-state index is 0.204. The molecule has 132 valence electrons. The Kier molecular flexibility index (Phi) is 5.33. The van der Waals surface area contributed by atoms with Gasteiger partial charge in [-0.15, -0.1) is 0 Å². The molecule has 0 radical (unpaired) electrons. The Balaban J connectivity index is 3.02. The largest absolute Gasteiger partial charge is 0.359 e. The first-order chi connectivity index (χ1) is 10.2. The van der Waals surface area contributed by atoms with Gasteiger partial charge in [-0.25, -0.2) is 12.7 Å². The summed E-state index contributed by atoms with van der Waals surface area (Å²) in [6, 6.07) is 1.36. The van der Waals surface area contributed by atoms with Crippen LogP contribution in [0.4, 0.5) is 5.82 Å². The van der Waals surface area contributed by atoms with Crippen molar-refractivity contribution < 1.29 is 17.7 Å². The highest BCUT2D eigenvalue weighted by molar-refractivity contribution is 7.91. The molecule has 0 aliphatic rings. The molecule has 0 saturated carbocycles. The zero-order chi connectivity index (χ0) is 18.2. The normalized spacial score (nSPS) is 13.7. The second-order valence-electron chi connectivity index (χ2n) is 7.41. The summed E-state index contributed by atoms with van der Waals surface area (Å²) in [5.41, 5.74) is -0.255. The predicted molar refractivity (Wildman–Crippen MR) is 89.7 cm³/mol. The van der Waals surface area contributed by atoms with Crippen molar-refractivity contribution in [2.45, 2.75) is 64.7 Å². The summed E-state index contributed by atoms with van der Waals surface area (Å²) < 4.78 is 30.0. The Morgan fingerprint density at radius 2 is 1.78 bits per heavy atom. The summed E-state index contributed by atoms with van der Waals surface area (Å²) in [5.74, 6) is 0.155. The molecule has 8 heteroatoms. The number of carbonyl (C=O) groups excluding carboxylic acids is 1. The quantitative estimate of drug-likeness (QED) is 0.884. The van der Waals surface area contributed by atoms with Crippen molar-refractivity contribution in [1.29, 1.82) is 0 Å². The maximum absolute atomic E-state index is 12.6. The Morgan fingerprint density at radius 1 is 1.26 bits per heavy atom. The number of nitrogens with zero attached hydrogens (tertiary/aromatic N) is 2. The van der Waals surface area contributed by atoms with Gasteiger partial charge in [0.2, 0.25) is 15.9 Å². The molecule has 0 atom stereocenters. The molecule has 1 amide bonds. The van der Waals surface area contributed by atoms with Crippen LogP contribution in [-0.2, 0) is 20.2 Å². The van der Waals surface area contributed by atoms with E-state index in [0.717, 1.165) is 0 Å². The standard InChI is InChI=1S/C15H27N3O4S/c1-10(2)18(8)23(20,21)15(6,7)13(19)16-12-9-11(22-17-12)14(3,4)5/h9-10H,1-8H3,(H,16,17,19). The molecular weight excluding hydrogens is 318 g/mol. The Morgan fingerprint density at radius 3 is 2.17 bits per heavy atom. The maximum atomic E-state index is 12.6. The number of anilines is 1. The Labute approximate surface area is 138 Å². The van der Waals surface area contributed by atoms with Gasteiger partial charge < -0.3 is 9.84 Å². The zero-order valence-corrected chi connectivity index (χ0v) is 15.9. The monoisotopic (exact) mass is 345 g/mol. The number of hydrogen-bond acceptors (Lipinski definition) is 5. The van der Waals surface area contributed by atoms with Crippen LogP contribution < -0.4 is 5.32 Å². The molecule has 1 rings (SSSR count). The Bertz CT molecular complexity index is 669. The molecule has 0 saturated heterocycles. The topological polar surface area (TPSA) is 92.5 Å². The van der Waals surface area contributed by atoms with Gasteiger partial charge in [0.05, 0.1) is 0 Å². The van der Waals surface area contributed by atoms with Gasteiger partial charge in [0, 0.05) is 24.6 Å². The molecule has 7 nitrogen and oxygen atoms in total. The van der Waals surface area contributed by atoms with Gasteiger partial charge in [-0.1, -0.05) is 25.9 Å². The molecule has 0 aromatic carbocycles. The van der Waals surface area contributed by atoms with Crippen molar-refractivity contribution in [1.82, 2.24) is 9.46 Å². The number of sulfonamides is 1. The van der Waals surface area contributed by atoms with Gasteiger partial charge in [-0.2, -0.15) is 0 Å². The fraction of sp³-hybridized carbons (Fsp3) is 0.733. The smallest absolute Gasteiger partial charge is 0.247 e. The minimum atomic E-state index is -3.82. The van der Waals surface area contributed by atoms with Crippen molar-refractivity contribution in [3.63, 3.8) is 0 Å². The number of amides is 1. The fourth-order valence-corrected chi connectivity index (χ4v) is 3.27. The molecule has 1 aromatic rings. The lowest BCUT2D eigenvalue weighted by atomic mass is 9.93. The summed E-state index contributed by atoms with van der Waals surface area (Å²) in [7, 11) is -2.35. The summed E-state index contributed by atoms with van der Waals surface area (Å²) in [4.78, 5) is 12.5. The van der Waals surface area contributed by atoms with Gasteiger partial charge in [0.15, 0.2) is 10.6 Å². The van der Waals surface area contributed by atoms with Crippen LogP contribution in [0, 0.1) is 0 Å². The lowest BCUT2D eigenvalue weighted by Crippen LogP contribution is -2.52. The van der Waals surface area contributed by atoms with Crippen molar-refractivity contribution in [3.8, 4) is 0 Å². The van der Waals surface area contributed by atoms with E-state index in [0.29, 0.717) is 5.76 Å². The van der Waals surface area contributed by atoms with E-state index in [9.17, 15) is 13.2 Å². The van der Waals surface area contributed by atoms with E-state index in [1.807, 2.05) is 20.8 Å². The fourth-order valence-electron chi connectivity index (χ4n) is 1.71. The average molecular weight is 345 g/mol. The highest BCUT2D eigenvalue weighted by atomic mass is 32.2. The summed E-state index contributed by atoms with van der Waals surface area (Å²) in [6.07, 6.45) is 0. The van der Waals surface area contributed by atoms with E-state index in [1.165, 1.54) is 25.2 Å². The maximum Gasteiger partial charge on any atom is 0.247 e. The van der Waals surface area contributed by atoms with Crippen molar-refractivity contribution in [2.75, 3.05) is 12.4 Å². The van der Waals surface area contributed by atoms with Crippen LogP contribution in [0.5, 0.6) is 0 Å². The van der Waals surface area contributed by atoms with Gasteiger partial charge in [-0.3, -0.25) is 4.79 Å². The zero-order valence-electron chi connectivity index (χ0n) is 15.1.